The zero-order chi connectivity index (χ0) is 26.2. The smallest absolute Gasteiger partial charge is 0.196 e. The number of Topliss-reactive ketones (excluding diaryl/α,β-unsaturated/α-hetero) is 1. The van der Waals surface area contributed by atoms with Gasteiger partial charge in [-0.15, -0.1) is 0 Å². The maximum absolute atomic E-state index is 15.2. The molecule has 1 heterocycles. The van der Waals surface area contributed by atoms with Gasteiger partial charge in [0.15, 0.2) is 11.3 Å². The van der Waals surface area contributed by atoms with Crippen LogP contribution in [-0.4, -0.2) is 11.5 Å². The van der Waals surface area contributed by atoms with E-state index in [0.29, 0.717) is 5.57 Å². The third-order valence-corrected chi connectivity index (χ3v) is 7.77. The van der Waals surface area contributed by atoms with Gasteiger partial charge in [-0.3, -0.25) is 4.79 Å². The maximum Gasteiger partial charge on any atom is 0.196 e. The van der Waals surface area contributed by atoms with Crippen molar-refractivity contribution in [1.29, 1.82) is 0 Å². The monoisotopic (exact) mass is 502 g/mol. The van der Waals surface area contributed by atoms with E-state index in [1.165, 1.54) is 0 Å². The van der Waals surface area contributed by atoms with Crippen molar-refractivity contribution in [3.8, 4) is 0 Å². The first-order valence-electron chi connectivity index (χ1n) is 13.2. The molecule has 5 aromatic rings. The van der Waals surface area contributed by atoms with Crippen LogP contribution in [0.25, 0.3) is 11.6 Å². The third-order valence-electron chi connectivity index (χ3n) is 7.77. The summed E-state index contributed by atoms with van der Waals surface area (Å²) in [6.45, 7) is 0. The van der Waals surface area contributed by atoms with E-state index in [1.54, 1.807) is 0 Å². The summed E-state index contributed by atoms with van der Waals surface area (Å²) in [5.41, 5.74) is 6.40. The Balaban J connectivity index is 1.56. The molecule has 1 spiro atoms. The lowest BCUT2D eigenvalue weighted by molar-refractivity contribution is -0.118. The molecule has 0 amide bonds. The average Bonchev–Trinajstić information content (AvgIpc) is 3.49. The summed E-state index contributed by atoms with van der Waals surface area (Å²) in [7, 11) is 0. The van der Waals surface area contributed by atoms with Crippen LogP contribution in [0.15, 0.2) is 151 Å². The number of rotatable bonds is 4. The van der Waals surface area contributed by atoms with E-state index in [0.717, 1.165) is 39.2 Å². The number of fused-ring (bicyclic) bond motifs is 2. The number of hydrazone groups is 1. The molecule has 0 unspecified atom stereocenters. The van der Waals surface area contributed by atoms with E-state index in [1.807, 2.05) is 120 Å². The molecule has 3 heteroatoms. The maximum atomic E-state index is 15.2. The summed E-state index contributed by atoms with van der Waals surface area (Å²) in [5.74, 6) is -0.267. The molecular weight excluding hydrogens is 476 g/mol. The van der Waals surface area contributed by atoms with Crippen molar-refractivity contribution < 1.29 is 4.79 Å². The van der Waals surface area contributed by atoms with Gasteiger partial charge in [0.2, 0.25) is 0 Å². The van der Waals surface area contributed by atoms with Crippen LogP contribution in [0.3, 0.4) is 0 Å². The number of nitrogens with zero attached hydrogens (tertiary/aromatic N) is 2. The first-order valence-corrected chi connectivity index (χ1v) is 13.2. The van der Waals surface area contributed by atoms with Crippen LogP contribution >= 0.6 is 0 Å². The van der Waals surface area contributed by atoms with Gasteiger partial charge in [-0.25, -0.2) is 5.01 Å². The van der Waals surface area contributed by atoms with E-state index in [4.69, 9.17) is 5.10 Å². The summed E-state index contributed by atoms with van der Waals surface area (Å²) in [4.78, 5) is 15.2. The zero-order valence-electron chi connectivity index (χ0n) is 21.3. The molecule has 0 N–H and O–H groups in total. The Morgan fingerprint density at radius 3 is 1.90 bits per heavy atom. The minimum absolute atomic E-state index is 0.0555. The summed E-state index contributed by atoms with van der Waals surface area (Å²) in [6, 6.07) is 49.0. The van der Waals surface area contributed by atoms with Gasteiger partial charge in [-0.05, 0) is 46.0 Å². The minimum Gasteiger partial charge on any atom is -0.291 e. The van der Waals surface area contributed by atoms with Crippen molar-refractivity contribution in [1.82, 2.24) is 0 Å². The number of hydrogen-bond donors (Lipinski definition) is 0. The molecule has 186 valence electrons. The fourth-order valence-corrected chi connectivity index (χ4v) is 6.13. The molecule has 1 aliphatic heterocycles. The van der Waals surface area contributed by atoms with Crippen LogP contribution in [0.5, 0.6) is 0 Å². The lowest BCUT2D eigenvalue weighted by Gasteiger charge is -2.38. The van der Waals surface area contributed by atoms with Gasteiger partial charge in [0.1, 0.15) is 0 Å². The Morgan fingerprint density at radius 1 is 0.641 bits per heavy atom. The van der Waals surface area contributed by atoms with Crippen molar-refractivity contribution >= 4 is 28.8 Å². The Hall–Kier alpha value is -5.02. The summed E-state index contributed by atoms with van der Waals surface area (Å²) < 4.78 is 0. The number of carbonyl (C=O) groups excluding carboxylic acids is 1. The molecule has 7 rings (SSSR count). The highest BCUT2D eigenvalue weighted by atomic mass is 16.1. The normalized spacial score (nSPS) is 20.9. The second kappa shape index (κ2) is 9.38. The van der Waals surface area contributed by atoms with E-state index in [2.05, 4.69) is 36.4 Å². The van der Waals surface area contributed by atoms with E-state index in [-0.39, 0.29) is 11.7 Å². The van der Waals surface area contributed by atoms with Crippen LogP contribution < -0.4 is 5.01 Å². The number of benzene rings is 5. The minimum atomic E-state index is -1.08. The van der Waals surface area contributed by atoms with Crippen LogP contribution in [-0.2, 0) is 10.3 Å². The van der Waals surface area contributed by atoms with Crippen LogP contribution in [0.1, 0.15) is 33.7 Å². The lowest BCUT2D eigenvalue weighted by atomic mass is 9.71. The number of hydrogen-bond acceptors (Lipinski definition) is 3. The zero-order valence-corrected chi connectivity index (χ0v) is 21.3. The van der Waals surface area contributed by atoms with Crippen molar-refractivity contribution in [2.45, 2.75) is 11.5 Å². The fourth-order valence-electron chi connectivity index (χ4n) is 6.13. The molecule has 1 aliphatic carbocycles. The first kappa shape index (κ1) is 23.1. The molecule has 5 aromatic carbocycles. The first-order chi connectivity index (χ1) is 19.3. The predicted molar refractivity (Wildman–Crippen MR) is 159 cm³/mol. The van der Waals surface area contributed by atoms with Crippen molar-refractivity contribution in [3.05, 3.63) is 173 Å². The highest BCUT2D eigenvalue weighted by Crippen LogP contribution is 2.58. The highest BCUT2D eigenvalue weighted by molar-refractivity contribution is 6.36. The van der Waals surface area contributed by atoms with Gasteiger partial charge in [-0.2, -0.15) is 5.10 Å². The molecule has 2 aliphatic rings. The molecular formula is C36H26N2O. The molecule has 0 saturated carbocycles. The van der Waals surface area contributed by atoms with E-state index < -0.39 is 5.54 Å². The van der Waals surface area contributed by atoms with Crippen molar-refractivity contribution in [2.24, 2.45) is 5.10 Å². The fraction of sp³-hybridized carbons (Fsp3) is 0.0556. The summed E-state index contributed by atoms with van der Waals surface area (Å²) in [6.07, 6.45) is 2.03. The van der Waals surface area contributed by atoms with Gasteiger partial charge >= 0.3 is 0 Å². The van der Waals surface area contributed by atoms with Gasteiger partial charge in [0.25, 0.3) is 0 Å². The Kier molecular flexibility index (Phi) is 5.56. The molecule has 2 atom stereocenters. The molecule has 0 aromatic heterocycles. The second-order valence-corrected chi connectivity index (χ2v) is 9.95. The highest BCUT2D eigenvalue weighted by Gasteiger charge is 2.63. The SMILES string of the molecule is O=C1/C(=C/c2ccccc2)c2ccccc2[C@]12[C@@H](c1ccccc1)C(c1ccccc1)=NN2c1ccccc1. The predicted octanol–water partition coefficient (Wildman–Crippen LogP) is 7.71. The Bertz CT molecular complexity index is 1710. The average molecular weight is 503 g/mol. The molecule has 0 radical (unpaired) electrons. The number of anilines is 1. The number of ketones is 1. The molecule has 0 bridgehead atoms. The second-order valence-electron chi connectivity index (χ2n) is 9.95. The molecule has 3 nitrogen and oxygen atoms in total. The lowest BCUT2D eigenvalue weighted by Crippen LogP contribution is -2.49. The molecule has 39 heavy (non-hydrogen) atoms. The number of carbonyl (C=O) groups is 1. The van der Waals surface area contributed by atoms with E-state index in [9.17, 15) is 0 Å². The van der Waals surface area contributed by atoms with Crippen LogP contribution in [0.2, 0.25) is 0 Å². The molecule has 0 saturated heterocycles. The number of para-hydroxylation sites is 1. The van der Waals surface area contributed by atoms with Crippen molar-refractivity contribution in [2.75, 3.05) is 5.01 Å². The Morgan fingerprint density at radius 2 is 1.21 bits per heavy atom. The van der Waals surface area contributed by atoms with Crippen LogP contribution in [0, 0.1) is 0 Å². The van der Waals surface area contributed by atoms with Crippen molar-refractivity contribution in [3.63, 3.8) is 0 Å². The van der Waals surface area contributed by atoms with E-state index >= 15 is 4.79 Å². The van der Waals surface area contributed by atoms with Gasteiger partial charge in [-0.1, -0.05) is 133 Å². The van der Waals surface area contributed by atoms with Gasteiger partial charge in [0, 0.05) is 5.57 Å². The van der Waals surface area contributed by atoms with Gasteiger partial charge < -0.3 is 0 Å². The standard InChI is InChI=1S/C36H26N2O/c39-35-31(25-26-15-5-1-6-16-26)30-23-13-14-24-32(30)36(35)33(27-17-7-2-8-18-27)34(28-19-9-3-10-20-28)37-38(36)29-21-11-4-12-22-29/h1-25,33H/b31-25+/t33-,36-/m0/s1. The largest absolute Gasteiger partial charge is 0.291 e. The topological polar surface area (TPSA) is 32.7 Å². The summed E-state index contributed by atoms with van der Waals surface area (Å²) in [5, 5.41) is 7.30. The van der Waals surface area contributed by atoms with Crippen LogP contribution in [0.4, 0.5) is 5.69 Å². The quantitative estimate of drug-likeness (QED) is 0.236. The van der Waals surface area contributed by atoms with Gasteiger partial charge in [0.05, 0.1) is 17.3 Å². The third kappa shape index (κ3) is 3.58. The molecule has 0 fully saturated rings. The Labute approximate surface area is 228 Å². The summed E-state index contributed by atoms with van der Waals surface area (Å²) >= 11 is 0.